The molecule has 0 spiro atoms. The summed E-state index contributed by atoms with van der Waals surface area (Å²) in [6.07, 6.45) is 6.39. The molecule has 1 saturated heterocycles. The summed E-state index contributed by atoms with van der Waals surface area (Å²) >= 11 is 6.01. The molecule has 0 saturated carbocycles. The van der Waals surface area contributed by atoms with Crippen molar-refractivity contribution in [1.82, 2.24) is 0 Å². The Morgan fingerprint density at radius 1 is 1.19 bits per heavy atom. The maximum Gasteiger partial charge on any atom is 0.282 e. The monoisotopic (exact) mass is 309 g/mol. The van der Waals surface area contributed by atoms with Gasteiger partial charge in [0.1, 0.15) is 0 Å². The number of likely N-dealkylation sites (tertiary alicyclic amines) is 1. The normalized spacial score (nSPS) is 18.6. The third-order valence-corrected chi connectivity index (χ3v) is 4.69. The summed E-state index contributed by atoms with van der Waals surface area (Å²) in [6, 6.07) is 5.59. The van der Waals surface area contributed by atoms with E-state index < -0.39 is 0 Å². The van der Waals surface area contributed by atoms with E-state index in [1.807, 2.05) is 32.0 Å². The van der Waals surface area contributed by atoms with Gasteiger partial charge in [-0.15, -0.1) is 0 Å². The number of hydrogen-bond acceptors (Lipinski definition) is 1. The minimum atomic E-state index is -0.0125. The van der Waals surface area contributed by atoms with Crippen LogP contribution in [-0.2, 0) is 4.79 Å². The number of halogens is 1. The maximum atomic E-state index is 12.5. The number of benzene rings is 1. The van der Waals surface area contributed by atoms with Crippen LogP contribution in [0.25, 0.3) is 0 Å². The van der Waals surface area contributed by atoms with E-state index in [1.165, 1.54) is 37.0 Å². The number of anilines is 1. The third kappa shape index (κ3) is 4.72. The Hall–Kier alpha value is -1.06. The molecule has 1 fully saturated rings. The van der Waals surface area contributed by atoms with E-state index in [1.54, 1.807) is 0 Å². The summed E-state index contributed by atoms with van der Waals surface area (Å²) < 4.78 is 0. The Balaban J connectivity index is 1.99. The number of carbonyl (C=O) groups excluding carboxylic acids is 1. The lowest BCUT2D eigenvalue weighted by molar-refractivity contribution is -0.914. The van der Waals surface area contributed by atoms with Gasteiger partial charge in [0.05, 0.1) is 13.1 Å². The van der Waals surface area contributed by atoms with E-state index in [0.717, 1.165) is 24.3 Å². The third-order valence-electron chi connectivity index (χ3n) is 4.46. The van der Waals surface area contributed by atoms with Gasteiger partial charge in [-0.05, 0) is 57.2 Å². The molecule has 4 heteroatoms. The fraction of sp³-hybridized carbons (Fsp3) is 0.588. The van der Waals surface area contributed by atoms with Crippen LogP contribution in [0, 0.1) is 6.92 Å². The first-order valence-corrected chi connectivity index (χ1v) is 8.37. The molecule has 1 amide bonds. The smallest absolute Gasteiger partial charge is 0.282 e. The molecule has 1 aliphatic rings. The molecule has 2 N–H and O–H groups in total. The van der Waals surface area contributed by atoms with Crippen LogP contribution in [0.1, 0.15) is 44.6 Å². The zero-order chi connectivity index (χ0) is 15.2. The van der Waals surface area contributed by atoms with E-state index in [9.17, 15) is 4.79 Å². The Labute approximate surface area is 132 Å². The summed E-state index contributed by atoms with van der Waals surface area (Å²) in [6.45, 7) is 6.22. The largest absolute Gasteiger partial charge is 0.325 e. The first-order chi connectivity index (χ1) is 10.1. The molecule has 1 heterocycles. The molecule has 0 aliphatic carbocycles. The minimum absolute atomic E-state index is 0.0125. The highest BCUT2D eigenvalue weighted by Crippen LogP contribution is 2.20. The quantitative estimate of drug-likeness (QED) is 0.884. The molecule has 0 radical (unpaired) electrons. The number of hydrogen-bond donors (Lipinski definition) is 2. The second kappa shape index (κ2) is 7.81. The number of carbonyl (C=O) groups is 1. The molecule has 2 rings (SSSR count). The second-order valence-electron chi connectivity index (χ2n) is 6.10. The number of nitrogens with one attached hydrogen (secondary N) is 2. The van der Waals surface area contributed by atoms with Crippen LogP contribution in [0.2, 0.25) is 5.02 Å². The Bertz CT molecular complexity index is 482. The molecular weight excluding hydrogens is 284 g/mol. The Morgan fingerprint density at radius 2 is 1.81 bits per heavy atom. The van der Waals surface area contributed by atoms with Crippen molar-refractivity contribution in [3.63, 3.8) is 0 Å². The van der Waals surface area contributed by atoms with Crippen LogP contribution in [0.3, 0.4) is 0 Å². The van der Waals surface area contributed by atoms with Crippen molar-refractivity contribution >= 4 is 23.2 Å². The molecule has 0 unspecified atom stereocenters. The maximum absolute atomic E-state index is 12.5. The van der Waals surface area contributed by atoms with Gasteiger partial charge >= 0.3 is 0 Å². The lowest BCUT2D eigenvalue weighted by Gasteiger charge is -2.27. The Morgan fingerprint density at radius 3 is 2.48 bits per heavy atom. The minimum Gasteiger partial charge on any atom is -0.325 e. The molecule has 1 atom stereocenters. The van der Waals surface area contributed by atoms with Crippen molar-refractivity contribution < 1.29 is 9.69 Å². The second-order valence-corrected chi connectivity index (χ2v) is 6.53. The Kier molecular flexibility index (Phi) is 6.07. The van der Waals surface area contributed by atoms with Crippen LogP contribution in [0.5, 0.6) is 0 Å². The lowest BCUT2D eigenvalue weighted by atomic mass is 10.1. The highest BCUT2D eigenvalue weighted by molar-refractivity contribution is 6.31. The summed E-state index contributed by atoms with van der Waals surface area (Å²) in [7, 11) is 0. The van der Waals surface area contributed by atoms with E-state index in [2.05, 4.69) is 5.32 Å². The predicted octanol–water partition coefficient (Wildman–Crippen LogP) is 2.82. The van der Waals surface area contributed by atoms with Gasteiger partial charge in [0.2, 0.25) is 0 Å². The van der Waals surface area contributed by atoms with Crippen molar-refractivity contribution in [2.24, 2.45) is 0 Å². The van der Waals surface area contributed by atoms with Gasteiger partial charge in [-0.3, -0.25) is 4.79 Å². The predicted molar refractivity (Wildman–Crippen MR) is 88.1 cm³/mol. The lowest BCUT2D eigenvalue weighted by Crippen LogP contribution is -3.16. The molecule has 1 aliphatic heterocycles. The summed E-state index contributed by atoms with van der Waals surface area (Å²) in [5, 5.41) is 3.69. The van der Waals surface area contributed by atoms with Crippen LogP contribution in [0.4, 0.5) is 5.69 Å². The van der Waals surface area contributed by atoms with Gasteiger partial charge in [-0.25, -0.2) is 0 Å². The standard InChI is InChI=1S/C17H25ClN2O/c1-13-8-9-15(18)12-16(13)19-17(21)14(2)20-10-6-4-3-5-7-11-20/h8-9,12,14H,3-7,10-11H2,1-2H3,(H,19,21)/p+1/t14-/m1/s1. The average Bonchev–Trinajstić information content (AvgIpc) is 2.42. The molecule has 0 bridgehead atoms. The van der Waals surface area contributed by atoms with Crippen molar-refractivity contribution in [3.05, 3.63) is 28.8 Å². The van der Waals surface area contributed by atoms with Crippen LogP contribution in [-0.4, -0.2) is 25.0 Å². The number of amides is 1. The van der Waals surface area contributed by atoms with Crippen LogP contribution >= 0.6 is 11.6 Å². The highest BCUT2D eigenvalue weighted by atomic mass is 35.5. The van der Waals surface area contributed by atoms with Crippen molar-refractivity contribution in [3.8, 4) is 0 Å². The topological polar surface area (TPSA) is 33.5 Å². The number of rotatable bonds is 3. The molecule has 1 aromatic rings. The van der Waals surface area contributed by atoms with Crippen molar-refractivity contribution in [2.45, 2.75) is 52.0 Å². The van der Waals surface area contributed by atoms with E-state index >= 15 is 0 Å². The summed E-state index contributed by atoms with van der Waals surface area (Å²) in [5.41, 5.74) is 1.87. The summed E-state index contributed by atoms with van der Waals surface area (Å²) in [5.74, 6) is 0.0935. The first-order valence-electron chi connectivity index (χ1n) is 7.99. The SMILES string of the molecule is Cc1ccc(Cl)cc1NC(=O)[C@@H](C)[NH+]1CCCCCCC1. The molecule has 3 nitrogen and oxygen atoms in total. The highest BCUT2D eigenvalue weighted by Gasteiger charge is 2.25. The van der Waals surface area contributed by atoms with Crippen LogP contribution in [0.15, 0.2) is 18.2 Å². The fourth-order valence-corrected chi connectivity index (χ4v) is 3.12. The molecule has 1 aromatic carbocycles. The van der Waals surface area contributed by atoms with Gasteiger partial charge in [0.15, 0.2) is 6.04 Å². The van der Waals surface area contributed by atoms with Crippen molar-refractivity contribution in [2.75, 3.05) is 18.4 Å². The zero-order valence-corrected chi connectivity index (χ0v) is 13.8. The number of aryl methyl sites for hydroxylation is 1. The van der Waals surface area contributed by atoms with E-state index in [0.29, 0.717) is 5.02 Å². The number of quaternary nitrogens is 1. The average molecular weight is 310 g/mol. The van der Waals surface area contributed by atoms with Gasteiger partial charge in [-0.1, -0.05) is 24.1 Å². The molecular formula is C17H26ClN2O+. The fourth-order valence-electron chi connectivity index (χ4n) is 2.95. The van der Waals surface area contributed by atoms with E-state index in [-0.39, 0.29) is 11.9 Å². The first kappa shape index (κ1) is 16.3. The molecule has 116 valence electrons. The van der Waals surface area contributed by atoms with Gasteiger partial charge < -0.3 is 10.2 Å². The van der Waals surface area contributed by atoms with E-state index in [4.69, 9.17) is 11.6 Å². The van der Waals surface area contributed by atoms with Gasteiger partial charge in [0.25, 0.3) is 5.91 Å². The van der Waals surface area contributed by atoms with Gasteiger partial charge in [0, 0.05) is 10.7 Å². The van der Waals surface area contributed by atoms with Crippen LogP contribution < -0.4 is 10.2 Å². The zero-order valence-electron chi connectivity index (χ0n) is 13.0. The van der Waals surface area contributed by atoms with Gasteiger partial charge in [-0.2, -0.15) is 0 Å². The summed E-state index contributed by atoms with van der Waals surface area (Å²) in [4.78, 5) is 13.9. The molecule has 21 heavy (non-hydrogen) atoms. The van der Waals surface area contributed by atoms with Crippen molar-refractivity contribution in [1.29, 1.82) is 0 Å². The molecule has 0 aromatic heterocycles.